The van der Waals surface area contributed by atoms with Gasteiger partial charge in [-0.2, -0.15) is 0 Å². The molecule has 2 fully saturated rings. The van der Waals surface area contributed by atoms with Crippen LogP contribution in [-0.2, 0) is 0 Å². The molecule has 2 aliphatic heterocycles. The maximum Gasteiger partial charge on any atom is 0.171 e. The number of hydrogen-bond donors (Lipinski definition) is 0. The van der Waals surface area contributed by atoms with Crippen molar-refractivity contribution >= 4 is 20.0 Å². The van der Waals surface area contributed by atoms with Crippen LogP contribution in [0.3, 0.4) is 0 Å². The Morgan fingerprint density at radius 3 is 2.05 bits per heavy atom. The summed E-state index contributed by atoms with van der Waals surface area (Å²) in [5, 5.41) is 1.57. The van der Waals surface area contributed by atoms with Crippen molar-refractivity contribution in [2.24, 2.45) is 0 Å². The van der Waals surface area contributed by atoms with Crippen LogP contribution in [0.1, 0.15) is 38.5 Å². The van der Waals surface area contributed by atoms with Crippen molar-refractivity contribution < 1.29 is 0 Å². The van der Waals surface area contributed by atoms with E-state index in [1.54, 1.807) is 5.19 Å². The van der Waals surface area contributed by atoms with E-state index in [4.69, 9.17) is 0 Å². The van der Waals surface area contributed by atoms with Crippen molar-refractivity contribution in [3.8, 4) is 0 Å². The van der Waals surface area contributed by atoms with Gasteiger partial charge in [-0.05, 0) is 0 Å². The first-order chi connectivity index (χ1) is 9.67. The van der Waals surface area contributed by atoms with Crippen molar-refractivity contribution in [1.82, 2.24) is 0 Å². The topological polar surface area (TPSA) is 0 Å². The van der Waals surface area contributed by atoms with Gasteiger partial charge in [0.25, 0.3) is 0 Å². The van der Waals surface area contributed by atoms with E-state index in [2.05, 4.69) is 55.1 Å². The molecule has 0 saturated carbocycles. The van der Waals surface area contributed by atoms with E-state index in [1.165, 1.54) is 38.5 Å². The minimum atomic E-state index is -1.39. The van der Waals surface area contributed by atoms with Crippen molar-refractivity contribution in [2.75, 3.05) is 0 Å². The fourth-order valence-corrected chi connectivity index (χ4v) is 6.31. The predicted molar refractivity (Wildman–Crippen MR) is 93.7 cm³/mol. The van der Waals surface area contributed by atoms with Crippen molar-refractivity contribution in [2.45, 2.75) is 63.3 Å². The van der Waals surface area contributed by atoms with Gasteiger partial charge in [-0.25, -0.2) is 0 Å². The number of benzene rings is 1. The molecule has 1 aromatic carbocycles. The molecule has 0 radical (unpaired) electrons. The molecule has 0 amide bonds. The van der Waals surface area contributed by atoms with E-state index in [9.17, 15) is 0 Å². The first-order valence-corrected chi connectivity index (χ1v) is 11.5. The SMILES string of the molecule is C[Si](C)(/C=C/B1C2CCCC1CCC2)c1ccccc1. The second-order valence-corrected chi connectivity index (χ2v) is 11.8. The van der Waals surface area contributed by atoms with Crippen LogP contribution in [0.2, 0.25) is 24.7 Å². The molecule has 1 aromatic rings. The van der Waals surface area contributed by atoms with E-state index in [0.29, 0.717) is 0 Å². The molecular weight excluding hydrogens is 255 g/mol. The lowest BCUT2D eigenvalue weighted by atomic mass is 9.27. The molecule has 0 unspecified atom stereocenters. The van der Waals surface area contributed by atoms with E-state index < -0.39 is 8.07 Å². The zero-order valence-electron chi connectivity index (χ0n) is 13.0. The summed E-state index contributed by atoms with van der Waals surface area (Å²) < 4.78 is 0. The number of rotatable bonds is 3. The summed E-state index contributed by atoms with van der Waals surface area (Å²) in [6, 6.07) is 11.1. The molecule has 0 N–H and O–H groups in total. The molecule has 106 valence electrons. The van der Waals surface area contributed by atoms with Gasteiger partial charge in [0.2, 0.25) is 0 Å². The van der Waals surface area contributed by atoms with Crippen LogP contribution in [0, 0.1) is 0 Å². The van der Waals surface area contributed by atoms with Gasteiger partial charge < -0.3 is 0 Å². The average molecular weight is 282 g/mol. The predicted octanol–water partition coefficient (Wildman–Crippen LogP) is 4.84. The molecule has 2 heterocycles. The largest absolute Gasteiger partial charge is 0.171 e. The monoisotopic (exact) mass is 282 g/mol. The second kappa shape index (κ2) is 5.93. The van der Waals surface area contributed by atoms with E-state index in [1.807, 2.05) is 0 Å². The summed E-state index contributed by atoms with van der Waals surface area (Å²) >= 11 is 0. The maximum absolute atomic E-state index is 2.65. The maximum atomic E-state index is 2.65. The van der Waals surface area contributed by atoms with Gasteiger partial charge in [0.15, 0.2) is 6.71 Å². The van der Waals surface area contributed by atoms with Crippen LogP contribution in [0.4, 0.5) is 0 Å². The van der Waals surface area contributed by atoms with Gasteiger partial charge in [-0.3, -0.25) is 0 Å². The van der Waals surface area contributed by atoms with Gasteiger partial charge >= 0.3 is 0 Å². The summed E-state index contributed by atoms with van der Waals surface area (Å²) in [5.74, 6) is 4.64. The Labute approximate surface area is 125 Å². The summed E-state index contributed by atoms with van der Waals surface area (Å²) in [5.41, 5.74) is 2.63. The minimum Gasteiger partial charge on any atom is -0.122 e. The van der Waals surface area contributed by atoms with E-state index in [-0.39, 0.29) is 0 Å². The molecule has 0 aliphatic carbocycles. The Morgan fingerprint density at radius 2 is 1.50 bits per heavy atom. The third-order valence-electron chi connectivity index (χ3n) is 5.64. The van der Waals surface area contributed by atoms with Crippen LogP contribution in [0.15, 0.2) is 42.0 Å². The second-order valence-electron chi connectivity index (χ2n) is 7.41. The normalized spacial score (nSPS) is 27.0. The molecule has 2 aliphatic rings. The van der Waals surface area contributed by atoms with Gasteiger partial charge in [0.05, 0.1) is 0 Å². The molecule has 0 nitrogen and oxygen atoms in total. The zero-order valence-corrected chi connectivity index (χ0v) is 14.0. The van der Waals surface area contributed by atoms with Gasteiger partial charge in [-0.15, -0.1) is 11.7 Å². The first kappa shape index (κ1) is 14.2. The summed E-state index contributed by atoms with van der Waals surface area (Å²) in [7, 11) is -1.39. The molecule has 0 atom stereocenters. The van der Waals surface area contributed by atoms with Crippen molar-refractivity contribution in [1.29, 1.82) is 0 Å². The molecule has 20 heavy (non-hydrogen) atoms. The first-order valence-electron chi connectivity index (χ1n) is 8.42. The minimum absolute atomic E-state index is 0.896. The Morgan fingerprint density at radius 1 is 0.950 bits per heavy atom. The fourth-order valence-electron chi connectivity index (χ4n) is 4.36. The third kappa shape index (κ3) is 2.95. The van der Waals surface area contributed by atoms with Crippen LogP contribution >= 0.6 is 0 Å². The van der Waals surface area contributed by atoms with Gasteiger partial charge in [-0.1, -0.05) is 98.8 Å². The highest BCUT2D eigenvalue weighted by molar-refractivity contribution is 6.94. The lowest BCUT2D eigenvalue weighted by Crippen LogP contribution is -2.41. The van der Waals surface area contributed by atoms with Crippen molar-refractivity contribution in [3.63, 3.8) is 0 Å². The van der Waals surface area contributed by atoms with Crippen LogP contribution in [-0.4, -0.2) is 14.8 Å². The summed E-state index contributed by atoms with van der Waals surface area (Å²) in [4.78, 5) is 0. The van der Waals surface area contributed by atoms with Gasteiger partial charge in [0, 0.05) is 0 Å². The van der Waals surface area contributed by atoms with E-state index in [0.717, 1.165) is 18.3 Å². The fraction of sp³-hybridized carbons (Fsp3) is 0.556. The molecule has 3 rings (SSSR count). The molecule has 0 spiro atoms. The average Bonchev–Trinajstić information content (AvgIpc) is 2.45. The van der Waals surface area contributed by atoms with Crippen LogP contribution < -0.4 is 5.19 Å². The Bertz CT molecular complexity index is 444. The highest BCUT2D eigenvalue weighted by atomic mass is 28.3. The third-order valence-corrected chi connectivity index (χ3v) is 8.49. The number of hydrogen-bond acceptors (Lipinski definition) is 0. The standard InChI is InChI=1S/C18H27BSi/c1-20(2,18-12-4-3-5-13-18)15-14-19-16-8-6-9-17(19)11-7-10-16/h3-5,12-17H,6-11H2,1-2H3/b15-14+. The smallest absolute Gasteiger partial charge is 0.122 e. The lowest BCUT2D eigenvalue weighted by Gasteiger charge is -2.39. The Balaban J connectivity index is 1.76. The summed E-state index contributed by atoms with van der Waals surface area (Å²) in [6.07, 6.45) is 8.91. The zero-order chi connectivity index (χ0) is 14.0. The van der Waals surface area contributed by atoms with Crippen LogP contribution in [0.25, 0.3) is 0 Å². The van der Waals surface area contributed by atoms with E-state index >= 15 is 0 Å². The van der Waals surface area contributed by atoms with Crippen molar-refractivity contribution in [3.05, 3.63) is 42.0 Å². The quantitative estimate of drug-likeness (QED) is 0.696. The van der Waals surface area contributed by atoms with Crippen LogP contribution in [0.5, 0.6) is 0 Å². The Hall–Kier alpha value is -0.758. The summed E-state index contributed by atoms with van der Waals surface area (Å²) in [6.45, 7) is 5.86. The molecule has 2 bridgehead atoms. The molecule has 0 aromatic heterocycles. The highest BCUT2D eigenvalue weighted by Crippen LogP contribution is 2.46. The molecular formula is C18H27BSi. The highest BCUT2D eigenvalue weighted by Gasteiger charge is 2.37. The Kier molecular flexibility index (Phi) is 4.21. The molecule has 2 heteroatoms. The lowest BCUT2D eigenvalue weighted by molar-refractivity contribution is 0.447. The number of fused-ring (bicyclic) bond motifs is 2. The van der Waals surface area contributed by atoms with Gasteiger partial charge in [0.1, 0.15) is 8.07 Å². The molecule has 2 saturated heterocycles.